The number of aromatic nitrogens is 5. The molecule has 0 aliphatic heterocycles. The van der Waals surface area contributed by atoms with Crippen LogP contribution >= 0.6 is 0 Å². The van der Waals surface area contributed by atoms with Gasteiger partial charge in [-0.25, -0.2) is 4.98 Å². The van der Waals surface area contributed by atoms with E-state index in [4.69, 9.17) is 4.74 Å². The molecular weight excluding hydrogens is 314 g/mol. The van der Waals surface area contributed by atoms with Crippen molar-refractivity contribution in [2.24, 2.45) is 7.05 Å². The van der Waals surface area contributed by atoms with Crippen molar-refractivity contribution in [3.8, 4) is 5.75 Å². The number of H-pyrrole nitrogens is 1. The highest BCUT2D eigenvalue weighted by Gasteiger charge is 2.26. The topological polar surface area (TPSA) is 60.7 Å². The molecule has 0 radical (unpaired) electrons. The average molecular weight is 335 g/mol. The number of nitrogens with zero attached hydrogens (tertiary/aromatic N) is 4. The van der Waals surface area contributed by atoms with Crippen molar-refractivity contribution >= 4 is 10.9 Å². The Morgan fingerprint density at radius 1 is 1.24 bits per heavy atom. The smallest absolute Gasteiger partial charge is 0.119 e. The molecule has 0 saturated heterocycles. The standard InChI is InChI=1S/C19H21N5O/c1-12-18(13(2)23(3)22-12)19(24-8-7-20-11-24)16-10-21-17-6-5-14(25-4)9-15(16)17/h5-11,19,21H,1-4H3. The summed E-state index contributed by atoms with van der Waals surface area (Å²) in [5, 5.41) is 5.75. The van der Waals surface area contributed by atoms with Crippen LogP contribution in [0, 0.1) is 13.8 Å². The van der Waals surface area contributed by atoms with Crippen LogP contribution in [0.5, 0.6) is 5.75 Å². The van der Waals surface area contributed by atoms with Gasteiger partial charge in [0.15, 0.2) is 0 Å². The Labute approximate surface area is 146 Å². The van der Waals surface area contributed by atoms with E-state index in [9.17, 15) is 0 Å². The lowest BCUT2D eigenvalue weighted by Gasteiger charge is -2.19. The van der Waals surface area contributed by atoms with Crippen LogP contribution in [0.15, 0.2) is 43.1 Å². The molecule has 6 heteroatoms. The third kappa shape index (κ3) is 2.41. The van der Waals surface area contributed by atoms with Gasteiger partial charge in [0.2, 0.25) is 0 Å². The Hall–Kier alpha value is -3.02. The van der Waals surface area contributed by atoms with Gasteiger partial charge in [0.05, 0.1) is 25.2 Å². The average Bonchev–Trinajstić information content (AvgIpc) is 3.32. The number of methoxy groups -OCH3 is 1. The summed E-state index contributed by atoms with van der Waals surface area (Å²) in [5.41, 5.74) is 5.62. The molecule has 128 valence electrons. The molecular formula is C19H21N5O. The second-order valence-corrected chi connectivity index (χ2v) is 6.28. The van der Waals surface area contributed by atoms with Gasteiger partial charge < -0.3 is 14.3 Å². The SMILES string of the molecule is COc1ccc2[nH]cc(C(c3c(C)nn(C)c3C)n3ccnc3)c2c1. The minimum Gasteiger partial charge on any atom is -0.497 e. The predicted molar refractivity (Wildman–Crippen MR) is 97.0 cm³/mol. The van der Waals surface area contributed by atoms with E-state index in [1.165, 1.54) is 11.1 Å². The summed E-state index contributed by atoms with van der Waals surface area (Å²) in [7, 11) is 3.67. The van der Waals surface area contributed by atoms with Gasteiger partial charge in [-0.2, -0.15) is 5.10 Å². The number of ether oxygens (including phenoxy) is 1. The van der Waals surface area contributed by atoms with Crippen LogP contribution in [0.4, 0.5) is 0 Å². The third-order valence-corrected chi connectivity index (χ3v) is 4.88. The first-order valence-electron chi connectivity index (χ1n) is 8.22. The first-order valence-corrected chi connectivity index (χ1v) is 8.22. The third-order valence-electron chi connectivity index (χ3n) is 4.88. The van der Waals surface area contributed by atoms with Gasteiger partial charge in [-0.05, 0) is 32.0 Å². The van der Waals surface area contributed by atoms with Gasteiger partial charge in [0.25, 0.3) is 0 Å². The van der Waals surface area contributed by atoms with Crippen molar-refractivity contribution in [2.75, 3.05) is 7.11 Å². The number of aryl methyl sites for hydroxylation is 2. The van der Waals surface area contributed by atoms with Crippen LogP contribution < -0.4 is 4.74 Å². The van der Waals surface area contributed by atoms with Gasteiger partial charge in [-0.3, -0.25) is 4.68 Å². The summed E-state index contributed by atoms with van der Waals surface area (Å²) >= 11 is 0. The maximum Gasteiger partial charge on any atom is 0.119 e. The largest absolute Gasteiger partial charge is 0.497 e. The van der Waals surface area contributed by atoms with Crippen LogP contribution in [-0.2, 0) is 7.05 Å². The zero-order valence-corrected chi connectivity index (χ0v) is 14.8. The Kier molecular flexibility index (Phi) is 3.60. The van der Waals surface area contributed by atoms with Crippen molar-refractivity contribution in [2.45, 2.75) is 19.9 Å². The lowest BCUT2D eigenvalue weighted by molar-refractivity contribution is 0.415. The van der Waals surface area contributed by atoms with E-state index in [-0.39, 0.29) is 6.04 Å². The molecule has 0 fully saturated rings. The van der Waals surface area contributed by atoms with Gasteiger partial charge >= 0.3 is 0 Å². The quantitative estimate of drug-likeness (QED) is 0.622. The Balaban J connectivity index is 1.99. The number of benzene rings is 1. The second kappa shape index (κ2) is 5.81. The van der Waals surface area contributed by atoms with E-state index < -0.39 is 0 Å². The van der Waals surface area contributed by atoms with Crippen LogP contribution in [0.25, 0.3) is 10.9 Å². The van der Waals surface area contributed by atoms with Crippen LogP contribution in [0.2, 0.25) is 0 Å². The Morgan fingerprint density at radius 2 is 2.08 bits per heavy atom. The number of nitrogens with one attached hydrogen (secondary N) is 1. The highest BCUT2D eigenvalue weighted by molar-refractivity contribution is 5.85. The fourth-order valence-electron chi connectivity index (χ4n) is 3.55. The number of aromatic amines is 1. The molecule has 6 nitrogen and oxygen atoms in total. The Morgan fingerprint density at radius 3 is 2.72 bits per heavy atom. The number of fused-ring (bicyclic) bond motifs is 1. The molecule has 4 aromatic rings. The minimum atomic E-state index is -0.00273. The van der Waals surface area contributed by atoms with E-state index in [0.29, 0.717) is 0 Å². The number of hydrogen-bond donors (Lipinski definition) is 1. The molecule has 0 aliphatic carbocycles. The fraction of sp³-hybridized carbons (Fsp3) is 0.263. The highest BCUT2D eigenvalue weighted by Crippen LogP contribution is 2.36. The van der Waals surface area contributed by atoms with Crippen LogP contribution in [-0.4, -0.2) is 31.4 Å². The molecule has 3 aromatic heterocycles. The van der Waals surface area contributed by atoms with Crippen molar-refractivity contribution < 1.29 is 4.74 Å². The molecule has 3 heterocycles. The molecule has 1 N–H and O–H groups in total. The molecule has 4 rings (SSSR count). The maximum absolute atomic E-state index is 5.42. The molecule has 1 unspecified atom stereocenters. The highest BCUT2D eigenvalue weighted by atomic mass is 16.5. The van der Waals surface area contributed by atoms with Crippen molar-refractivity contribution in [3.63, 3.8) is 0 Å². The zero-order chi connectivity index (χ0) is 17.6. The van der Waals surface area contributed by atoms with E-state index >= 15 is 0 Å². The Bertz CT molecular complexity index is 1030. The molecule has 25 heavy (non-hydrogen) atoms. The molecule has 0 saturated carbocycles. The van der Waals surface area contributed by atoms with Crippen molar-refractivity contribution in [1.82, 2.24) is 24.3 Å². The van der Waals surface area contributed by atoms with E-state index in [1.807, 2.05) is 42.6 Å². The summed E-state index contributed by atoms with van der Waals surface area (Å²) in [4.78, 5) is 7.64. The summed E-state index contributed by atoms with van der Waals surface area (Å²) in [5.74, 6) is 0.845. The van der Waals surface area contributed by atoms with Crippen LogP contribution in [0.1, 0.15) is 28.6 Å². The van der Waals surface area contributed by atoms with Gasteiger partial charge in [0, 0.05) is 53.4 Å². The second-order valence-electron chi connectivity index (χ2n) is 6.28. The summed E-state index contributed by atoms with van der Waals surface area (Å²) in [6.45, 7) is 4.16. The number of imidazole rings is 1. The minimum absolute atomic E-state index is 0.00273. The first kappa shape index (κ1) is 15.5. The van der Waals surface area contributed by atoms with Gasteiger partial charge in [0.1, 0.15) is 5.75 Å². The molecule has 0 amide bonds. The van der Waals surface area contributed by atoms with E-state index in [1.54, 1.807) is 7.11 Å². The van der Waals surface area contributed by atoms with Crippen molar-refractivity contribution in [3.05, 3.63) is 65.6 Å². The van der Waals surface area contributed by atoms with E-state index in [2.05, 4.69) is 45.7 Å². The van der Waals surface area contributed by atoms with Crippen molar-refractivity contribution in [1.29, 1.82) is 0 Å². The maximum atomic E-state index is 5.42. The molecule has 1 atom stereocenters. The molecule has 1 aromatic carbocycles. The first-order chi connectivity index (χ1) is 12.1. The normalized spacial score (nSPS) is 12.6. The lowest BCUT2D eigenvalue weighted by atomic mass is 9.96. The molecule has 0 aliphatic rings. The van der Waals surface area contributed by atoms with E-state index in [0.717, 1.165) is 28.0 Å². The molecule has 0 spiro atoms. The number of hydrogen-bond acceptors (Lipinski definition) is 3. The predicted octanol–water partition coefficient (Wildman–Crippen LogP) is 3.36. The fourth-order valence-corrected chi connectivity index (χ4v) is 3.55. The zero-order valence-electron chi connectivity index (χ0n) is 14.8. The number of rotatable bonds is 4. The van der Waals surface area contributed by atoms with Crippen LogP contribution in [0.3, 0.4) is 0 Å². The molecule has 0 bridgehead atoms. The summed E-state index contributed by atoms with van der Waals surface area (Å²) in [6, 6.07) is 6.09. The van der Waals surface area contributed by atoms with Gasteiger partial charge in [-0.15, -0.1) is 0 Å². The van der Waals surface area contributed by atoms with Gasteiger partial charge in [-0.1, -0.05) is 0 Å². The monoisotopic (exact) mass is 335 g/mol. The summed E-state index contributed by atoms with van der Waals surface area (Å²) in [6.07, 6.45) is 7.73. The lowest BCUT2D eigenvalue weighted by Crippen LogP contribution is -2.12. The summed E-state index contributed by atoms with van der Waals surface area (Å²) < 4.78 is 9.48.